The van der Waals surface area contributed by atoms with E-state index in [1.54, 1.807) is 11.3 Å². The largest absolute Gasteiger partial charge is 0.459 e. The van der Waals surface area contributed by atoms with Crippen LogP contribution in [0.1, 0.15) is 41.5 Å². The van der Waals surface area contributed by atoms with Crippen LogP contribution in [0, 0.1) is 11.6 Å². The molecule has 1 heterocycles. The average molecular weight is 538 g/mol. The van der Waals surface area contributed by atoms with Crippen LogP contribution in [0.25, 0.3) is 10.2 Å². The second-order valence-electron chi connectivity index (χ2n) is 9.41. The molecule has 2 atom stereocenters. The second-order valence-corrected chi connectivity index (χ2v) is 10.5. The Morgan fingerprint density at radius 2 is 1.79 bits per heavy atom. The van der Waals surface area contributed by atoms with Crippen LogP contribution in [-0.4, -0.2) is 29.6 Å². The smallest absolute Gasteiger partial charge is 0.306 e. The maximum Gasteiger partial charge on any atom is 0.306 e. The highest BCUT2D eigenvalue weighted by Gasteiger charge is 2.23. The van der Waals surface area contributed by atoms with Gasteiger partial charge in [-0.2, -0.15) is 0 Å². The van der Waals surface area contributed by atoms with E-state index in [0.29, 0.717) is 31.5 Å². The number of ether oxygens (including phenoxy) is 1. The molecule has 0 unspecified atom stereocenters. The third-order valence-corrected chi connectivity index (χ3v) is 7.43. The molecule has 8 heteroatoms. The van der Waals surface area contributed by atoms with Crippen LogP contribution in [0.4, 0.5) is 8.78 Å². The zero-order valence-electron chi connectivity index (χ0n) is 21.5. The molecule has 3 N–H and O–H groups in total. The number of thiazole rings is 1. The molecular weight excluding hydrogens is 504 g/mol. The Hall–Kier alpha value is -3.20. The van der Waals surface area contributed by atoms with E-state index in [4.69, 9.17) is 10.5 Å². The van der Waals surface area contributed by atoms with Gasteiger partial charge in [0.1, 0.15) is 17.7 Å². The lowest BCUT2D eigenvalue weighted by atomic mass is 10.0. The summed E-state index contributed by atoms with van der Waals surface area (Å²) in [6.07, 6.45) is 1.97. The molecule has 3 aromatic carbocycles. The number of nitrogens with zero attached hydrogens (tertiary/aromatic N) is 1. The van der Waals surface area contributed by atoms with Crippen molar-refractivity contribution in [3.8, 4) is 0 Å². The van der Waals surface area contributed by atoms with E-state index >= 15 is 0 Å². The van der Waals surface area contributed by atoms with Crippen LogP contribution in [-0.2, 0) is 35.3 Å². The Balaban J connectivity index is 1.35. The van der Waals surface area contributed by atoms with E-state index in [1.165, 1.54) is 17.7 Å². The van der Waals surface area contributed by atoms with Gasteiger partial charge in [0.25, 0.3) is 0 Å². The summed E-state index contributed by atoms with van der Waals surface area (Å²) in [6.45, 7) is 3.01. The van der Waals surface area contributed by atoms with E-state index in [2.05, 4.69) is 29.4 Å². The van der Waals surface area contributed by atoms with Crippen LogP contribution in [0.3, 0.4) is 0 Å². The minimum absolute atomic E-state index is 0.172. The van der Waals surface area contributed by atoms with E-state index in [-0.39, 0.29) is 18.8 Å². The summed E-state index contributed by atoms with van der Waals surface area (Å²) < 4.78 is 34.3. The molecule has 0 radical (unpaired) electrons. The van der Waals surface area contributed by atoms with E-state index in [1.807, 2.05) is 36.4 Å². The monoisotopic (exact) mass is 537 g/mol. The van der Waals surface area contributed by atoms with Gasteiger partial charge in [-0.1, -0.05) is 43.3 Å². The summed E-state index contributed by atoms with van der Waals surface area (Å²) in [5.41, 5.74) is 10.2. The highest BCUT2D eigenvalue weighted by Crippen LogP contribution is 2.23. The first kappa shape index (κ1) is 27.8. The molecule has 0 saturated heterocycles. The van der Waals surface area contributed by atoms with E-state index in [9.17, 15) is 13.6 Å². The number of esters is 1. The molecule has 0 saturated carbocycles. The molecule has 0 aliphatic rings. The maximum atomic E-state index is 13.7. The van der Waals surface area contributed by atoms with Crippen LogP contribution < -0.4 is 11.1 Å². The number of carbonyl (C=O) groups is 1. The second kappa shape index (κ2) is 13.6. The summed E-state index contributed by atoms with van der Waals surface area (Å²) in [5.74, 6) is -1.68. The van der Waals surface area contributed by atoms with E-state index < -0.39 is 23.8 Å². The quantitative estimate of drug-likeness (QED) is 0.213. The maximum absolute atomic E-state index is 13.7. The third kappa shape index (κ3) is 8.15. The van der Waals surface area contributed by atoms with Crippen molar-refractivity contribution in [2.24, 2.45) is 5.73 Å². The van der Waals surface area contributed by atoms with Gasteiger partial charge >= 0.3 is 5.97 Å². The predicted octanol–water partition coefficient (Wildman–Crippen LogP) is 5.73. The number of rotatable bonds is 13. The zero-order valence-corrected chi connectivity index (χ0v) is 22.3. The van der Waals surface area contributed by atoms with Crippen molar-refractivity contribution in [1.82, 2.24) is 10.3 Å². The van der Waals surface area contributed by atoms with Crippen LogP contribution >= 0.6 is 11.3 Å². The number of hydrogen-bond donors (Lipinski definition) is 2. The molecule has 0 bridgehead atoms. The fraction of sp³-hybridized carbons (Fsp3) is 0.333. The summed E-state index contributed by atoms with van der Waals surface area (Å²) in [7, 11) is 0. The summed E-state index contributed by atoms with van der Waals surface area (Å²) >= 11 is 1.63. The van der Waals surface area contributed by atoms with Crippen LogP contribution in [0.2, 0.25) is 0 Å². The van der Waals surface area contributed by atoms with Gasteiger partial charge in [-0.05, 0) is 66.6 Å². The lowest BCUT2D eigenvalue weighted by molar-refractivity contribution is -0.150. The number of carbonyl (C=O) groups excluding carboxylic acids is 1. The molecule has 4 aromatic rings. The number of halogens is 2. The topological polar surface area (TPSA) is 77.2 Å². The molecule has 0 fully saturated rings. The van der Waals surface area contributed by atoms with Crippen molar-refractivity contribution in [2.45, 2.75) is 57.7 Å². The summed E-state index contributed by atoms with van der Waals surface area (Å²) in [6, 6.07) is 18.9. The minimum atomic E-state index is -0.662. The van der Waals surface area contributed by atoms with Gasteiger partial charge in [-0.15, -0.1) is 11.3 Å². The molecule has 38 heavy (non-hydrogen) atoms. The van der Waals surface area contributed by atoms with Crippen molar-refractivity contribution < 1.29 is 18.3 Å². The lowest BCUT2D eigenvalue weighted by Crippen LogP contribution is -2.46. The fourth-order valence-electron chi connectivity index (χ4n) is 4.37. The first-order valence-corrected chi connectivity index (χ1v) is 13.7. The minimum Gasteiger partial charge on any atom is -0.459 e. The Kier molecular flexibility index (Phi) is 9.92. The Morgan fingerprint density at radius 3 is 2.55 bits per heavy atom. The SMILES string of the molecule is CCc1cccc(CNC[C@@H](OC(=O)CCCc2nc3ccccc3s2)[C@@H](N)Cc2cc(F)cc(F)c2)c1. The molecule has 200 valence electrons. The molecular formula is C30H33F2N3O2S. The number of hydrogen-bond acceptors (Lipinski definition) is 6. The number of aryl methyl sites for hydroxylation is 2. The molecule has 0 aliphatic carbocycles. The number of fused-ring (bicyclic) bond motifs is 1. The Bertz CT molecular complexity index is 1310. The van der Waals surface area contributed by atoms with Gasteiger partial charge < -0.3 is 15.8 Å². The van der Waals surface area contributed by atoms with Crippen molar-refractivity contribution in [2.75, 3.05) is 6.54 Å². The van der Waals surface area contributed by atoms with Crippen molar-refractivity contribution >= 4 is 27.5 Å². The number of nitrogens with two attached hydrogens (primary N) is 1. The third-order valence-electron chi connectivity index (χ3n) is 6.34. The van der Waals surface area contributed by atoms with Crippen LogP contribution in [0.15, 0.2) is 66.7 Å². The summed E-state index contributed by atoms with van der Waals surface area (Å²) in [4.78, 5) is 17.4. The molecule has 4 rings (SSSR count). The molecule has 5 nitrogen and oxygen atoms in total. The van der Waals surface area contributed by atoms with Crippen molar-refractivity contribution in [1.29, 1.82) is 0 Å². The van der Waals surface area contributed by atoms with Crippen molar-refractivity contribution in [3.05, 3.63) is 100 Å². The normalized spacial score (nSPS) is 12.9. The highest BCUT2D eigenvalue weighted by molar-refractivity contribution is 7.18. The Labute approximate surface area is 226 Å². The number of nitrogens with one attached hydrogen (secondary N) is 1. The highest BCUT2D eigenvalue weighted by atomic mass is 32.1. The number of aromatic nitrogens is 1. The first-order valence-electron chi connectivity index (χ1n) is 12.9. The standard InChI is InChI=1S/C30H33F2N3O2S/c1-2-20-7-5-8-21(13-20)18-34-19-27(25(33)16-22-14-23(31)17-24(32)15-22)37-30(36)12-6-11-29-35-26-9-3-4-10-28(26)38-29/h3-5,7-10,13-15,17,25,27,34H,2,6,11-12,16,18-19,33H2,1H3/t25-,27+/m0/s1. The Morgan fingerprint density at radius 1 is 1.03 bits per heavy atom. The number of benzene rings is 3. The summed E-state index contributed by atoms with van der Waals surface area (Å²) in [5, 5.41) is 4.31. The zero-order chi connectivity index (χ0) is 26.9. The van der Waals surface area contributed by atoms with Crippen LogP contribution in [0.5, 0.6) is 0 Å². The molecule has 0 spiro atoms. The first-order chi connectivity index (χ1) is 18.4. The molecule has 0 aliphatic heterocycles. The van der Waals surface area contributed by atoms with Crippen molar-refractivity contribution in [3.63, 3.8) is 0 Å². The predicted molar refractivity (Wildman–Crippen MR) is 148 cm³/mol. The van der Waals surface area contributed by atoms with Gasteiger partial charge in [-0.25, -0.2) is 13.8 Å². The van der Waals surface area contributed by atoms with Gasteiger partial charge in [0.15, 0.2) is 0 Å². The van der Waals surface area contributed by atoms with E-state index in [0.717, 1.165) is 33.3 Å². The van der Waals surface area contributed by atoms with Gasteiger partial charge in [0.2, 0.25) is 0 Å². The average Bonchev–Trinajstić information content (AvgIpc) is 3.30. The molecule has 0 amide bonds. The fourth-order valence-corrected chi connectivity index (χ4v) is 5.38. The molecule has 1 aromatic heterocycles. The number of para-hydroxylation sites is 1. The lowest BCUT2D eigenvalue weighted by Gasteiger charge is -2.25. The van der Waals surface area contributed by atoms with Gasteiger partial charge in [0.05, 0.1) is 15.2 Å². The van der Waals surface area contributed by atoms with Gasteiger partial charge in [-0.3, -0.25) is 4.79 Å². The van der Waals surface area contributed by atoms with Gasteiger partial charge in [0, 0.05) is 31.6 Å².